The average molecular weight is 650 g/mol. The zero-order chi connectivity index (χ0) is 33.4. The Labute approximate surface area is 267 Å². The van der Waals surface area contributed by atoms with E-state index in [9.17, 15) is 32.7 Å². The minimum atomic E-state index is -4.84. The molecule has 0 bridgehead atoms. The minimum absolute atomic E-state index is 0.000942. The molecule has 3 aromatic carbocycles. The van der Waals surface area contributed by atoms with Gasteiger partial charge in [-0.1, -0.05) is 24.3 Å². The highest BCUT2D eigenvalue weighted by molar-refractivity contribution is 6.01. The Morgan fingerprint density at radius 1 is 0.851 bits per heavy atom. The van der Waals surface area contributed by atoms with E-state index in [1.807, 2.05) is 0 Å². The summed E-state index contributed by atoms with van der Waals surface area (Å²) in [6, 6.07) is 21.3. The first-order chi connectivity index (χ1) is 22.5. The first kappa shape index (κ1) is 32.8. The molecule has 4 aromatic rings. The lowest BCUT2D eigenvalue weighted by atomic mass is 9.92. The highest BCUT2D eigenvalue weighted by Gasteiger charge is 2.31. The Kier molecular flexibility index (Phi) is 10.2. The molecule has 47 heavy (non-hydrogen) atoms. The van der Waals surface area contributed by atoms with E-state index in [0.717, 1.165) is 12.1 Å². The average Bonchev–Trinajstić information content (AvgIpc) is 3.03. The van der Waals surface area contributed by atoms with Crippen LogP contribution >= 0.6 is 0 Å². The van der Waals surface area contributed by atoms with Crippen molar-refractivity contribution in [2.24, 2.45) is 0 Å². The number of nitrogens with zero attached hydrogens (tertiary/aromatic N) is 1. The Morgan fingerprint density at radius 3 is 2.26 bits per heavy atom. The maximum Gasteiger partial charge on any atom is 0.573 e. The SMILES string of the molecule is O=C(Cc1ccc(Oc2ccc(OC3CCC(NC(=O)c4cccc(OC(F)(F)F)c4)CC3)cc2)nc1)Nc1ccccc1C(=O)O. The van der Waals surface area contributed by atoms with Crippen LogP contribution in [0.5, 0.6) is 23.1 Å². The van der Waals surface area contributed by atoms with Gasteiger partial charge in [-0.05, 0) is 85.8 Å². The second-order valence-electron chi connectivity index (χ2n) is 10.8. The number of aromatic carboxylic acids is 1. The van der Waals surface area contributed by atoms with Crippen LogP contribution in [0.2, 0.25) is 0 Å². The van der Waals surface area contributed by atoms with E-state index in [-0.39, 0.29) is 41.3 Å². The summed E-state index contributed by atoms with van der Waals surface area (Å²) in [6.45, 7) is 0. The van der Waals surface area contributed by atoms with Gasteiger partial charge in [0.25, 0.3) is 5.91 Å². The number of aromatic nitrogens is 1. The molecule has 1 aromatic heterocycles. The smallest absolute Gasteiger partial charge is 0.490 e. The number of rotatable bonds is 11. The molecule has 1 saturated carbocycles. The van der Waals surface area contributed by atoms with Crippen LogP contribution < -0.4 is 24.8 Å². The highest BCUT2D eigenvalue weighted by atomic mass is 19.4. The maximum absolute atomic E-state index is 12.6. The highest BCUT2D eigenvalue weighted by Crippen LogP contribution is 2.28. The van der Waals surface area contributed by atoms with E-state index >= 15 is 0 Å². The third kappa shape index (κ3) is 9.70. The second kappa shape index (κ2) is 14.7. The standard InChI is InChI=1S/C34H30F3N3O7/c35-34(36,37)47-27-5-3-4-22(19-27)32(42)39-23-9-11-24(12-10-23)45-25-13-15-26(16-14-25)46-31-17-8-21(20-38-31)18-30(41)40-29-7-2-1-6-28(29)33(43)44/h1-8,13-17,19-20,23-24H,9-12,18H2,(H,39,42)(H,40,41)(H,43,44). The van der Waals surface area contributed by atoms with Gasteiger partial charge in [-0.2, -0.15) is 0 Å². The number of ether oxygens (including phenoxy) is 3. The molecule has 0 aliphatic heterocycles. The molecular formula is C34H30F3N3O7. The van der Waals surface area contributed by atoms with Gasteiger partial charge in [0, 0.05) is 23.9 Å². The Morgan fingerprint density at radius 2 is 1.57 bits per heavy atom. The lowest BCUT2D eigenvalue weighted by Gasteiger charge is -2.29. The van der Waals surface area contributed by atoms with Gasteiger partial charge in [-0.15, -0.1) is 13.2 Å². The third-order valence-electron chi connectivity index (χ3n) is 7.28. The van der Waals surface area contributed by atoms with Crippen LogP contribution in [0.4, 0.5) is 18.9 Å². The Bertz CT molecular complexity index is 1710. The van der Waals surface area contributed by atoms with Crippen LogP contribution in [0.15, 0.2) is 91.1 Å². The molecule has 5 rings (SSSR count). The third-order valence-corrected chi connectivity index (χ3v) is 7.28. The number of hydrogen-bond acceptors (Lipinski definition) is 7. The molecule has 1 aliphatic rings. The fourth-order valence-electron chi connectivity index (χ4n) is 5.06. The number of amides is 2. The van der Waals surface area contributed by atoms with Crippen LogP contribution in [0.3, 0.4) is 0 Å². The summed E-state index contributed by atoms with van der Waals surface area (Å²) in [7, 11) is 0. The first-order valence-electron chi connectivity index (χ1n) is 14.7. The molecule has 0 radical (unpaired) electrons. The van der Waals surface area contributed by atoms with Crippen molar-refractivity contribution in [3.63, 3.8) is 0 Å². The zero-order valence-electron chi connectivity index (χ0n) is 24.8. The summed E-state index contributed by atoms with van der Waals surface area (Å²) in [6.07, 6.45) is -0.742. The van der Waals surface area contributed by atoms with E-state index in [2.05, 4.69) is 20.4 Å². The summed E-state index contributed by atoms with van der Waals surface area (Å²) < 4.78 is 53.3. The van der Waals surface area contributed by atoms with Crippen molar-refractivity contribution < 1.29 is 46.9 Å². The van der Waals surface area contributed by atoms with E-state index in [1.165, 1.54) is 30.5 Å². The number of anilines is 1. The largest absolute Gasteiger partial charge is 0.573 e. The van der Waals surface area contributed by atoms with Crippen molar-refractivity contribution in [2.75, 3.05) is 5.32 Å². The molecule has 2 amide bonds. The summed E-state index contributed by atoms with van der Waals surface area (Å²) in [5.74, 6) is -0.947. The summed E-state index contributed by atoms with van der Waals surface area (Å²) >= 11 is 0. The Hall–Kier alpha value is -5.59. The maximum atomic E-state index is 12.6. The van der Waals surface area contributed by atoms with Crippen LogP contribution in [-0.2, 0) is 11.2 Å². The van der Waals surface area contributed by atoms with E-state index in [1.54, 1.807) is 48.5 Å². The van der Waals surface area contributed by atoms with Crippen LogP contribution in [-0.4, -0.2) is 46.4 Å². The number of alkyl halides is 3. The van der Waals surface area contributed by atoms with Crippen molar-refractivity contribution in [3.05, 3.63) is 108 Å². The fraction of sp³-hybridized carbons (Fsp3) is 0.235. The zero-order valence-corrected chi connectivity index (χ0v) is 24.8. The van der Waals surface area contributed by atoms with Gasteiger partial charge in [-0.25, -0.2) is 9.78 Å². The molecule has 0 spiro atoms. The van der Waals surface area contributed by atoms with Crippen molar-refractivity contribution >= 4 is 23.5 Å². The lowest BCUT2D eigenvalue weighted by molar-refractivity contribution is -0.274. The van der Waals surface area contributed by atoms with Gasteiger partial charge < -0.3 is 30.0 Å². The second-order valence-corrected chi connectivity index (χ2v) is 10.8. The summed E-state index contributed by atoms with van der Waals surface area (Å²) in [5.41, 5.74) is 0.918. The topological polar surface area (TPSA) is 136 Å². The van der Waals surface area contributed by atoms with E-state index in [0.29, 0.717) is 48.6 Å². The molecule has 1 heterocycles. The molecule has 1 aliphatic carbocycles. The van der Waals surface area contributed by atoms with Crippen LogP contribution in [0.25, 0.3) is 0 Å². The number of para-hydroxylation sites is 1. The van der Waals surface area contributed by atoms with Gasteiger partial charge in [0.05, 0.1) is 23.8 Å². The molecule has 3 N–H and O–H groups in total. The first-order valence-corrected chi connectivity index (χ1v) is 14.7. The quantitative estimate of drug-likeness (QED) is 0.162. The minimum Gasteiger partial charge on any atom is -0.490 e. The molecule has 0 unspecified atom stereocenters. The molecule has 10 nitrogen and oxygen atoms in total. The molecule has 0 atom stereocenters. The number of carbonyl (C=O) groups is 3. The fourth-order valence-corrected chi connectivity index (χ4v) is 5.06. The van der Waals surface area contributed by atoms with Crippen molar-refractivity contribution in [3.8, 4) is 23.1 Å². The molecule has 244 valence electrons. The van der Waals surface area contributed by atoms with Gasteiger partial charge in [0.2, 0.25) is 11.8 Å². The number of pyridine rings is 1. The molecular weight excluding hydrogens is 619 g/mol. The van der Waals surface area contributed by atoms with Crippen LogP contribution in [0.1, 0.15) is 52.0 Å². The van der Waals surface area contributed by atoms with Crippen molar-refractivity contribution in [1.82, 2.24) is 10.3 Å². The van der Waals surface area contributed by atoms with E-state index in [4.69, 9.17) is 9.47 Å². The molecule has 13 heteroatoms. The number of carboxylic acids is 1. The van der Waals surface area contributed by atoms with Gasteiger partial charge >= 0.3 is 12.3 Å². The number of benzene rings is 3. The number of carbonyl (C=O) groups excluding carboxylic acids is 2. The molecule has 0 saturated heterocycles. The number of carboxylic acid groups (broad SMARTS) is 1. The molecule has 1 fully saturated rings. The summed E-state index contributed by atoms with van der Waals surface area (Å²) in [5, 5.41) is 14.8. The number of nitrogens with one attached hydrogen (secondary N) is 2. The van der Waals surface area contributed by atoms with Crippen LogP contribution in [0, 0.1) is 0 Å². The van der Waals surface area contributed by atoms with Crippen molar-refractivity contribution in [1.29, 1.82) is 0 Å². The van der Waals surface area contributed by atoms with Gasteiger partial charge in [-0.3, -0.25) is 9.59 Å². The monoisotopic (exact) mass is 649 g/mol. The summed E-state index contributed by atoms with van der Waals surface area (Å²) in [4.78, 5) is 40.6. The lowest BCUT2D eigenvalue weighted by Crippen LogP contribution is -2.39. The predicted molar refractivity (Wildman–Crippen MR) is 164 cm³/mol. The van der Waals surface area contributed by atoms with E-state index < -0.39 is 24.0 Å². The Balaban J connectivity index is 1.05. The van der Waals surface area contributed by atoms with Gasteiger partial charge in [0.1, 0.15) is 17.2 Å². The van der Waals surface area contributed by atoms with Crippen molar-refractivity contribution in [2.45, 2.75) is 50.6 Å². The van der Waals surface area contributed by atoms with Gasteiger partial charge in [0.15, 0.2) is 0 Å². The predicted octanol–water partition coefficient (Wildman–Crippen LogP) is 6.77. The number of halogens is 3. The number of hydrogen-bond donors (Lipinski definition) is 3. The normalized spacial score (nSPS) is 16.1.